The van der Waals surface area contributed by atoms with Crippen molar-refractivity contribution in [3.8, 4) is 0 Å². The van der Waals surface area contributed by atoms with Crippen LogP contribution < -0.4 is 4.31 Å². The molecule has 1 aliphatic heterocycles. The van der Waals surface area contributed by atoms with Crippen LogP contribution in [-0.2, 0) is 23.0 Å². The van der Waals surface area contributed by atoms with Crippen LogP contribution >= 0.6 is 11.6 Å². The molecule has 152 valence electrons. The molecule has 0 fully saturated rings. The fourth-order valence-electron chi connectivity index (χ4n) is 3.91. The van der Waals surface area contributed by atoms with Crippen LogP contribution in [-0.4, -0.2) is 29.8 Å². The second-order valence-electron chi connectivity index (χ2n) is 7.18. The summed E-state index contributed by atoms with van der Waals surface area (Å²) in [6.07, 6.45) is -0.211. The SMILES string of the molecule is Cc1nn(CC(O)c2ccccc2Cl)c(C)c1S(=O)(=O)N1CCc2ccccc21. The first kappa shape index (κ1) is 19.9. The maximum atomic E-state index is 13.5. The number of fused-ring (bicyclic) bond motifs is 1. The first-order valence-electron chi connectivity index (χ1n) is 9.38. The molecule has 0 radical (unpaired) electrons. The number of hydrogen-bond donors (Lipinski definition) is 1. The maximum absolute atomic E-state index is 13.5. The van der Waals surface area contributed by atoms with Gasteiger partial charge in [0, 0.05) is 17.1 Å². The summed E-state index contributed by atoms with van der Waals surface area (Å²) in [5.74, 6) is 0. The third-order valence-corrected chi connectivity index (χ3v) is 7.73. The van der Waals surface area contributed by atoms with E-state index in [1.54, 1.807) is 38.1 Å². The van der Waals surface area contributed by atoms with Crippen LogP contribution in [0.5, 0.6) is 0 Å². The van der Waals surface area contributed by atoms with Crippen LogP contribution in [0.3, 0.4) is 0 Å². The monoisotopic (exact) mass is 431 g/mol. The van der Waals surface area contributed by atoms with Gasteiger partial charge in [0.05, 0.1) is 29.7 Å². The second-order valence-corrected chi connectivity index (χ2v) is 9.38. The molecule has 1 unspecified atom stereocenters. The maximum Gasteiger partial charge on any atom is 0.268 e. The number of hydrogen-bond acceptors (Lipinski definition) is 4. The molecule has 3 aromatic rings. The number of benzene rings is 2. The first-order valence-corrected chi connectivity index (χ1v) is 11.2. The Morgan fingerprint density at radius 2 is 1.83 bits per heavy atom. The van der Waals surface area contributed by atoms with E-state index in [0.29, 0.717) is 34.9 Å². The van der Waals surface area contributed by atoms with Crippen molar-refractivity contribution in [1.82, 2.24) is 9.78 Å². The highest BCUT2D eigenvalue weighted by molar-refractivity contribution is 7.93. The molecule has 8 heteroatoms. The van der Waals surface area contributed by atoms with Crippen molar-refractivity contribution in [3.63, 3.8) is 0 Å². The number of aliphatic hydroxyl groups is 1. The van der Waals surface area contributed by atoms with Crippen LogP contribution in [0.4, 0.5) is 5.69 Å². The Kier molecular flexibility index (Phi) is 5.14. The van der Waals surface area contributed by atoms with E-state index in [9.17, 15) is 13.5 Å². The summed E-state index contributed by atoms with van der Waals surface area (Å²) in [4.78, 5) is 0.195. The zero-order valence-corrected chi connectivity index (χ0v) is 17.8. The van der Waals surface area contributed by atoms with E-state index in [0.717, 1.165) is 11.3 Å². The standard InChI is InChI=1S/C21H22ClN3O3S/c1-14-21(29(27,28)25-12-11-16-7-3-6-10-19(16)25)15(2)24(23-14)13-20(26)17-8-4-5-9-18(17)22/h3-10,20,26H,11-13H2,1-2H3. The van der Waals surface area contributed by atoms with Gasteiger partial charge in [0.15, 0.2) is 0 Å². The molecule has 1 atom stereocenters. The minimum atomic E-state index is -3.76. The fraction of sp³-hybridized carbons (Fsp3) is 0.286. The Balaban J connectivity index is 1.68. The van der Waals surface area contributed by atoms with E-state index in [4.69, 9.17) is 11.6 Å². The van der Waals surface area contributed by atoms with Crippen molar-refractivity contribution in [3.05, 3.63) is 76.1 Å². The number of aliphatic hydroxyl groups excluding tert-OH is 1. The van der Waals surface area contributed by atoms with Gasteiger partial charge in [-0.2, -0.15) is 5.10 Å². The lowest BCUT2D eigenvalue weighted by Crippen LogP contribution is -2.30. The van der Waals surface area contributed by atoms with Crippen LogP contribution in [0.25, 0.3) is 0 Å². The average Bonchev–Trinajstić information content (AvgIpc) is 3.23. The van der Waals surface area contributed by atoms with Gasteiger partial charge >= 0.3 is 0 Å². The summed E-state index contributed by atoms with van der Waals surface area (Å²) in [5, 5.41) is 15.5. The van der Waals surface area contributed by atoms with E-state index in [1.165, 1.54) is 8.99 Å². The van der Waals surface area contributed by atoms with E-state index >= 15 is 0 Å². The summed E-state index contributed by atoms with van der Waals surface area (Å²) in [6, 6.07) is 14.6. The summed E-state index contributed by atoms with van der Waals surface area (Å²) in [5.41, 5.74) is 3.24. The summed E-state index contributed by atoms with van der Waals surface area (Å²) < 4.78 is 29.9. The van der Waals surface area contributed by atoms with E-state index in [2.05, 4.69) is 5.10 Å². The summed E-state index contributed by atoms with van der Waals surface area (Å²) in [6.45, 7) is 3.92. The molecule has 2 aromatic carbocycles. The van der Waals surface area contributed by atoms with Crippen LogP contribution in [0.15, 0.2) is 53.4 Å². The smallest absolute Gasteiger partial charge is 0.268 e. The lowest BCUT2D eigenvalue weighted by molar-refractivity contribution is 0.150. The Labute approximate surface area is 175 Å². The number of anilines is 1. The predicted molar refractivity (Wildman–Crippen MR) is 113 cm³/mol. The first-order chi connectivity index (χ1) is 13.8. The van der Waals surface area contributed by atoms with Gasteiger partial charge in [0.1, 0.15) is 4.90 Å². The second kappa shape index (κ2) is 7.48. The molecule has 0 spiro atoms. The molecule has 0 aliphatic carbocycles. The minimum absolute atomic E-state index is 0.114. The predicted octanol–water partition coefficient (Wildman–Crippen LogP) is 3.64. The van der Waals surface area contributed by atoms with Crippen molar-refractivity contribution in [2.75, 3.05) is 10.8 Å². The summed E-state index contributed by atoms with van der Waals surface area (Å²) >= 11 is 6.18. The Hall–Kier alpha value is -2.35. The Morgan fingerprint density at radius 1 is 1.14 bits per heavy atom. The van der Waals surface area contributed by atoms with E-state index in [-0.39, 0.29) is 11.4 Å². The van der Waals surface area contributed by atoms with E-state index in [1.807, 2.05) is 24.3 Å². The number of para-hydroxylation sites is 1. The van der Waals surface area contributed by atoms with Gasteiger partial charge in [0.25, 0.3) is 10.0 Å². The molecular weight excluding hydrogens is 410 g/mol. The van der Waals surface area contributed by atoms with E-state index < -0.39 is 16.1 Å². The average molecular weight is 432 g/mol. The largest absolute Gasteiger partial charge is 0.386 e. The molecule has 1 aromatic heterocycles. The topological polar surface area (TPSA) is 75.4 Å². The quantitative estimate of drug-likeness (QED) is 0.669. The Bertz CT molecular complexity index is 1170. The van der Waals surface area contributed by atoms with Crippen molar-refractivity contribution < 1.29 is 13.5 Å². The number of aryl methyl sites for hydroxylation is 1. The van der Waals surface area contributed by atoms with Gasteiger partial charge in [-0.3, -0.25) is 8.99 Å². The van der Waals surface area contributed by atoms with Crippen molar-refractivity contribution in [2.45, 2.75) is 37.8 Å². The third-order valence-electron chi connectivity index (χ3n) is 5.32. The highest BCUT2D eigenvalue weighted by Crippen LogP contribution is 2.35. The van der Waals surface area contributed by atoms with Gasteiger partial charge < -0.3 is 5.11 Å². The van der Waals surface area contributed by atoms with Crippen LogP contribution in [0.2, 0.25) is 5.02 Å². The number of sulfonamides is 1. The number of halogens is 1. The lowest BCUT2D eigenvalue weighted by atomic mass is 10.1. The minimum Gasteiger partial charge on any atom is -0.386 e. The highest BCUT2D eigenvalue weighted by atomic mass is 35.5. The molecule has 4 rings (SSSR count). The fourth-order valence-corrected chi connectivity index (χ4v) is 6.05. The van der Waals surface area contributed by atoms with Crippen LogP contribution in [0, 0.1) is 13.8 Å². The highest BCUT2D eigenvalue weighted by Gasteiger charge is 2.35. The van der Waals surface area contributed by atoms with Gasteiger partial charge in [-0.25, -0.2) is 8.42 Å². The van der Waals surface area contributed by atoms with Gasteiger partial charge in [-0.15, -0.1) is 0 Å². The zero-order valence-electron chi connectivity index (χ0n) is 16.2. The molecule has 1 N–H and O–H groups in total. The Morgan fingerprint density at radius 3 is 2.59 bits per heavy atom. The van der Waals surface area contributed by atoms with Gasteiger partial charge in [-0.1, -0.05) is 48.0 Å². The molecule has 0 amide bonds. The number of nitrogens with zero attached hydrogens (tertiary/aromatic N) is 3. The molecule has 1 aliphatic rings. The molecule has 29 heavy (non-hydrogen) atoms. The molecule has 2 heterocycles. The summed E-state index contributed by atoms with van der Waals surface area (Å²) in [7, 11) is -3.76. The molecule has 0 bridgehead atoms. The van der Waals surface area contributed by atoms with Crippen molar-refractivity contribution >= 4 is 27.3 Å². The van der Waals surface area contributed by atoms with Gasteiger partial charge in [-0.05, 0) is 38.0 Å². The van der Waals surface area contributed by atoms with Gasteiger partial charge in [0.2, 0.25) is 0 Å². The van der Waals surface area contributed by atoms with Crippen molar-refractivity contribution in [2.24, 2.45) is 0 Å². The molecule has 0 saturated carbocycles. The molecular formula is C21H22ClN3O3S. The lowest BCUT2D eigenvalue weighted by Gasteiger charge is -2.20. The number of rotatable bonds is 5. The zero-order chi connectivity index (χ0) is 20.8. The molecule has 6 nitrogen and oxygen atoms in total. The normalized spacial score (nSPS) is 14.8. The van der Waals surface area contributed by atoms with Crippen LogP contribution in [0.1, 0.15) is 28.6 Å². The third kappa shape index (κ3) is 3.43. The molecule has 0 saturated heterocycles. The number of aromatic nitrogens is 2. The van der Waals surface area contributed by atoms with Crippen molar-refractivity contribution in [1.29, 1.82) is 0 Å².